The van der Waals surface area contributed by atoms with Crippen LogP contribution in [0.15, 0.2) is 0 Å². The van der Waals surface area contributed by atoms with E-state index in [2.05, 4.69) is 6.92 Å². The van der Waals surface area contributed by atoms with E-state index < -0.39 is 7.60 Å². The van der Waals surface area contributed by atoms with Gasteiger partial charge in [-0.25, -0.2) is 0 Å². The maximum Gasteiger partial charge on any atom is 0.326 e. The molecule has 1 aliphatic carbocycles. The molecule has 78 valence electrons. The molecule has 5 heteroatoms. The Labute approximate surface area is 78.7 Å². The van der Waals surface area contributed by atoms with Crippen molar-refractivity contribution < 1.29 is 14.4 Å². The Morgan fingerprint density at radius 3 is 2.54 bits per heavy atom. The van der Waals surface area contributed by atoms with Gasteiger partial charge in [0.15, 0.2) is 0 Å². The van der Waals surface area contributed by atoms with Crippen molar-refractivity contribution in [3.63, 3.8) is 0 Å². The third kappa shape index (κ3) is 3.06. The van der Waals surface area contributed by atoms with E-state index in [9.17, 15) is 4.57 Å². The molecule has 0 heterocycles. The molecule has 0 radical (unpaired) electrons. The fourth-order valence-corrected chi connectivity index (χ4v) is 3.62. The SMILES string of the molecule is C[C@H]1CC[C@@](CN)(CP(=O)(O)O)C1. The van der Waals surface area contributed by atoms with Crippen LogP contribution in [0.2, 0.25) is 0 Å². The first-order valence-electron chi connectivity index (χ1n) is 4.62. The van der Waals surface area contributed by atoms with E-state index >= 15 is 0 Å². The van der Waals surface area contributed by atoms with E-state index in [0.717, 1.165) is 19.3 Å². The zero-order valence-electron chi connectivity index (χ0n) is 7.94. The van der Waals surface area contributed by atoms with Gasteiger partial charge in [-0.15, -0.1) is 0 Å². The summed E-state index contributed by atoms with van der Waals surface area (Å²) in [4.78, 5) is 17.8. The summed E-state index contributed by atoms with van der Waals surface area (Å²) in [5, 5.41) is 0. The van der Waals surface area contributed by atoms with Crippen molar-refractivity contribution in [2.75, 3.05) is 12.7 Å². The molecule has 1 fully saturated rings. The number of hydrogen-bond donors (Lipinski definition) is 3. The van der Waals surface area contributed by atoms with Crippen LogP contribution in [0.3, 0.4) is 0 Å². The Bertz CT molecular complexity index is 227. The minimum Gasteiger partial charge on any atom is -0.330 e. The lowest BCUT2D eigenvalue weighted by Crippen LogP contribution is -2.31. The molecule has 0 aromatic carbocycles. The molecule has 0 bridgehead atoms. The minimum atomic E-state index is -3.90. The van der Waals surface area contributed by atoms with Gasteiger partial charge in [-0.3, -0.25) is 4.57 Å². The smallest absolute Gasteiger partial charge is 0.326 e. The number of hydrogen-bond acceptors (Lipinski definition) is 2. The van der Waals surface area contributed by atoms with Crippen LogP contribution < -0.4 is 5.73 Å². The van der Waals surface area contributed by atoms with Crippen LogP contribution in [0.4, 0.5) is 0 Å². The number of nitrogens with two attached hydrogens (primary N) is 1. The first-order valence-corrected chi connectivity index (χ1v) is 6.41. The standard InChI is InChI=1S/C8H18NO3P/c1-7-2-3-8(4-7,5-9)6-13(10,11)12/h7H,2-6,9H2,1H3,(H2,10,11,12)/t7-,8+/m0/s1. The molecular weight excluding hydrogens is 189 g/mol. The normalized spacial score (nSPS) is 35.2. The van der Waals surface area contributed by atoms with Crippen molar-refractivity contribution in [3.8, 4) is 0 Å². The largest absolute Gasteiger partial charge is 0.330 e. The van der Waals surface area contributed by atoms with E-state index in [-0.39, 0.29) is 11.6 Å². The third-order valence-electron chi connectivity index (χ3n) is 2.92. The molecule has 4 N–H and O–H groups in total. The predicted octanol–water partition coefficient (Wildman–Crippen LogP) is 0.929. The van der Waals surface area contributed by atoms with Crippen molar-refractivity contribution in [3.05, 3.63) is 0 Å². The molecule has 1 rings (SSSR count). The molecule has 1 aliphatic rings. The minimum absolute atomic E-state index is 0.0408. The van der Waals surface area contributed by atoms with Gasteiger partial charge in [-0.05, 0) is 30.7 Å². The van der Waals surface area contributed by atoms with E-state index in [1.807, 2.05) is 0 Å². The summed E-state index contributed by atoms with van der Waals surface area (Å²) < 4.78 is 10.9. The van der Waals surface area contributed by atoms with Gasteiger partial charge in [0.2, 0.25) is 0 Å². The van der Waals surface area contributed by atoms with Crippen LogP contribution in [0.1, 0.15) is 26.2 Å². The average Bonchev–Trinajstić information content (AvgIpc) is 2.29. The Morgan fingerprint density at radius 2 is 2.23 bits per heavy atom. The molecule has 0 saturated heterocycles. The molecule has 1 saturated carbocycles. The highest BCUT2D eigenvalue weighted by Crippen LogP contribution is 2.50. The van der Waals surface area contributed by atoms with Crippen LogP contribution in [-0.4, -0.2) is 22.5 Å². The molecule has 0 amide bonds. The van der Waals surface area contributed by atoms with Crippen LogP contribution in [0.5, 0.6) is 0 Å². The van der Waals surface area contributed by atoms with Gasteiger partial charge in [0.25, 0.3) is 0 Å². The van der Waals surface area contributed by atoms with Crippen molar-refractivity contribution >= 4 is 7.60 Å². The summed E-state index contributed by atoms with van der Waals surface area (Å²) in [7, 11) is -3.90. The maximum atomic E-state index is 10.9. The second-order valence-electron chi connectivity index (χ2n) is 4.37. The first kappa shape index (κ1) is 11.2. The molecule has 0 aliphatic heterocycles. The summed E-state index contributed by atoms with van der Waals surface area (Å²) in [6, 6.07) is 0. The first-order chi connectivity index (χ1) is 5.87. The van der Waals surface area contributed by atoms with Crippen LogP contribution >= 0.6 is 7.60 Å². The van der Waals surface area contributed by atoms with Gasteiger partial charge in [0.1, 0.15) is 0 Å². The molecule has 2 atom stereocenters. The van der Waals surface area contributed by atoms with E-state index in [1.165, 1.54) is 0 Å². The summed E-state index contributed by atoms with van der Waals surface area (Å²) >= 11 is 0. The topological polar surface area (TPSA) is 83.6 Å². The fourth-order valence-electron chi connectivity index (χ4n) is 2.33. The lowest BCUT2D eigenvalue weighted by molar-refractivity contribution is 0.296. The Hall–Kier alpha value is 0.110. The molecule has 0 spiro atoms. The van der Waals surface area contributed by atoms with Gasteiger partial charge < -0.3 is 15.5 Å². The lowest BCUT2D eigenvalue weighted by Gasteiger charge is -2.27. The van der Waals surface area contributed by atoms with Gasteiger partial charge in [-0.1, -0.05) is 13.3 Å². The van der Waals surface area contributed by atoms with E-state index in [1.54, 1.807) is 0 Å². The van der Waals surface area contributed by atoms with Crippen molar-refractivity contribution in [2.45, 2.75) is 26.2 Å². The fraction of sp³-hybridized carbons (Fsp3) is 1.00. The van der Waals surface area contributed by atoms with Gasteiger partial charge in [0, 0.05) is 0 Å². The van der Waals surface area contributed by atoms with Crippen molar-refractivity contribution in [1.29, 1.82) is 0 Å². The molecule has 4 nitrogen and oxygen atoms in total. The monoisotopic (exact) mass is 207 g/mol. The Kier molecular flexibility index (Phi) is 3.18. The highest BCUT2D eigenvalue weighted by Gasteiger charge is 2.40. The predicted molar refractivity (Wildman–Crippen MR) is 51.4 cm³/mol. The lowest BCUT2D eigenvalue weighted by atomic mass is 9.88. The van der Waals surface area contributed by atoms with Crippen LogP contribution in [0, 0.1) is 11.3 Å². The van der Waals surface area contributed by atoms with Crippen LogP contribution in [0.25, 0.3) is 0 Å². The molecule has 0 aromatic rings. The van der Waals surface area contributed by atoms with Crippen molar-refractivity contribution in [2.24, 2.45) is 17.1 Å². The highest BCUT2D eigenvalue weighted by atomic mass is 31.2. The van der Waals surface area contributed by atoms with Crippen LogP contribution in [-0.2, 0) is 4.57 Å². The number of rotatable bonds is 3. The second-order valence-corrected chi connectivity index (χ2v) is 6.02. The summed E-state index contributed by atoms with van der Waals surface area (Å²) in [6.45, 7) is 2.50. The average molecular weight is 207 g/mol. The summed E-state index contributed by atoms with van der Waals surface area (Å²) in [5.74, 6) is 0.551. The Morgan fingerprint density at radius 1 is 1.62 bits per heavy atom. The molecule has 0 unspecified atom stereocenters. The zero-order valence-corrected chi connectivity index (χ0v) is 8.83. The Balaban J connectivity index is 2.67. The van der Waals surface area contributed by atoms with Gasteiger partial charge in [0.05, 0.1) is 6.16 Å². The summed E-state index contributed by atoms with van der Waals surface area (Å²) in [5.41, 5.74) is 5.30. The van der Waals surface area contributed by atoms with E-state index in [0.29, 0.717) is 12.5 Å². The van der Waals surface area contributed by atoms with Gasteiger partial charge in [-0.2, -0.15) is 0 Å². The molecular formula is C8H18NO3P. The quantitative estimate of drug-likeness (QED) is 0.601. The van der Waals surface area contributed by atoms with Crippen molar-refractivity contribution in [1.82, 2.24) is 0 Å². The second kappa shape index (κ2) is 3.70. The molecule has 0 aromatic heterocycles. The highest BCUT2D eigenvalue weighted by molar-refractivity contribution is 7.51. The van der Waals surface area contributed by atoms with E-state index in [4.69, 9.17) is 15.5 Å². The van der Waals surface area contributed by atoms with Gasteiger partial charge >= 0.3 is 7.60 Å². The summed E-state index contributed by atoms with van der Waals surface area (Å²) in [6.07, 6.45) is 2.71. The molecule has 13 heavy (non-hydrogen) atoms. The maximum absolute atomic E-state index is 10.9. The third-order valence-corrected chi connectivity index (χ3v) is 4.01. The zero-order chi connectivity index (χ0) is 10.1.